The number of anilines is 1. The van der Waals surface area contributed by atoms with Crippen LogP contribution < -0.4 is 10.6 Å². The number of nitrogens with one attached hydrogen (secondary N) is 2. The first kappa shape index (κ1) is 14.1. The van der Waals surface area contributed by atoms with Gasteiger partial charge in [-0.25, -0.2) is 4.79 Å². The Kier molecular flexibility index (Phi) is 5.59. The van der Waals surface area contributed by atoms with Crippen LogP contribution in [0.5, 0.6) is 0 Å². The number of carbonyl (C=O) groups excluding carboxylic acids is 1. The SMILES string of the molecule is CCC(CC)NC(=O)Nc1c(Cl)cccc1Cl. The van der Waals surface area contributed by atoms with Gasteiger partial charge in [-0.15, -0.1) is 0 Å². The second kappa shape index (κ2) is 6.72. The molecule has 2 N–H and O–H groups in total. The van der Waals surface area contributed by atoms with Gasteiger partial charge in [-0.3, -0.25) is 0 Å². The average Bonchev–Trinajstić information content (AvgIpc) is 2.31. The Morgan fingerprint density at radius 2 is 1.76 bits per heavy atom. The molecule has 0 aromatic heterocycles. The average molecular weight is 275 g/mol. The van der Waals surface area contributed by atoms with E-state index < -0.39 is 0 Å². The topological polar surface area (TPSA) is 41.1 Å². The Labute approximate surface area is 111 Å². The summed E-state index contributed by atoms with van der Waals surface area (Å²) in [6, 6.07) is 4.97. The van der Waals surface area contributed by atoms with Crippen LogP contribution in [0.2, 0.25) is 10.0 Å². The third kappa shape index (κ3) is 4.10. The monoisotopic (exact) mass is 274 g/mol. The molecule has 0 bridgehead atoms. The minimum atomic E-state index is -0.284. The lowest BCUT2D eigenvalue weighted by Crippen LogP contribution is -2.37. The van der Waals surface area contributed by atoms with Crippen molar-refractivity contribution in [1.82, 2.24) is 5.32 Å². The van der Waals surface area contributed by atoms with Gasteiger partial charge in [0.25, 0.3) is 0 Å². The zero-order valence-corrected chi connectivity index (χ0v) is 11.4. The Hall–Kier alpha value is -0.930. The van der Waals surface area contributed by atoms with E-state index in [1.807, 2.05) is 13.8 Å². The van der Waals surface area contributed by atoms with Crippen molar-refractivity contribution in [3.8, 4) is 0 Å². The quantitative estimate of drug-likeness (QED) is 0.844. The number of para-hydroxylation sites is 1. The summed E-state index contributed by atoms with van der Waals surface area (Å²) in [7, 11) is 0. The first-order valence-electron chi connectivity index (χ1n) is 5.60. The maximum atomic E-state index is 11.7. The normalized spacial score (nSPS) is 10.4. The summed E-state index contributed by atoms with van der Waals surface area (Å²) in [5.41, 5.74) is 0.444. The second-order valence-electron chi connectivity index (χ2n) is 3.71. The zero-order valence-electron chi connectivity index (χ0n) is 9.89. The molecule has 3 nitrogen and oxygen atoms in total. The Morgan fingerprint density at radius 3 is 2.24 bits per heavy atom. The van der Waals surface area contributed by atoms with Crippen LogP contribution in [0.15, 0.2) is 18.2 Å². The molecule has 2 amide bonds. The van der Waals surface area contributed by atoms with E-state index in [2.05, 4.69) is 10.6 Å². The number of halogens is 2. The summed E-state index contributed by atoms with van der Waals surface area (Å²) >= 11 is 11.9. The van der Waals surface area contributed by atoms with Gasteiger partial charge >= 0.3 is 6.03 Å². The van der Waals surface area contributed by atoms with Crippen LogP contribution >= 0.6 is 23.2 Å². The van der Waals surface area contributed by atoms with Gasteiger partial charge in [-0.1, -0.05) is 43.1 Å². The highest BCUT2D eigenvalue weighted by Gasteiger charge is 2.11. The van der Waals surface area contributed by atoms with Crippen LogP contribution in [0.1, 0.15) is 26.7 Å². The Bertz CT molecular complexity index is 372. The lowest BCUT2D eigenvalue weighted by atomic mass is 10.2. The van der Waals surface area contributed by atoms with Crippen LogP contribution in [0.25, 0.3) is 0 Å². The van der Waals surface area contributed by atoms with Gasteiger partial charge in [-0.05, 0) is 25.0 Å². The molecule has 1 aromatic carbocycles. The van der Waals surface area contributed by atoms with Gasteiger partial charge in [0.15, 0.2) is 0 Å². The largest absolute Gasteiger partial charge is 0.335 e. The summed E-state index contributed by atoms with van der Waals surface area (Å²) in [6.45, 7) is 4.05. The molecule has 1 aromatic rings. The van der Waals surface area contributed by atoms with Crippen LogP contribution in [-0.2, 0) is 0 Å². The van der Waals surface area contributed by atoms with Crippen LogP contribution in [0.3, 0.4) is 0 Å². The predicted octanol–water partition coefficient (Wildman–Crippen LogP) is 4.30. The van der Waals surface area contributed by atoms with E-state index in [1.54, 1.807) is 18.2 Å². The van der Waals surface area contributed by atoms with E-state index >= 15 is 0 Å². The van der Waals surface area contributed by atoms with Gasteiger partial charge in [0.2, 0.25) is 0 Å². The highest BCUT2D eigenvalue weighted by Crippen LogP contribution is 2.29. The van der Waals surface area contributed by atoms with Crippen molar-refractivity contribution in [2.45, 2.75) is 32.7 Å². The standard InChI is InChI=1S/C12H16Cl2N2O/c1-3-8(4-2)15-12(17)16-11-9(13)6-5-7-10(11)14/h5-8H,3-4H2,1-2H3,(H2,15,16,17). The van der Waals surface area contributed by atoms with Gasteiger partial charge < -0.3 is 10.6 Å². The van der Waals surface area contributed by atoms with Gasteiger partial charge in [-0.2, -0.15) is 0 Å². The third-order valence-corrected chi connectivity index (χ3v) is 3.15. The van der Waals surface area contributed by atoms with Gasteiger partial charge in [0.05, 0.1) is 15.7 Å². The number of hydrogen-bond donors (Lipinski definition) is 2. The molecule has 0 heterocycles. The first-order chi connectivity index (χ1) is 8.08. The Morgan fingerprint density at radius 1 is 1.24 bits per heavy atom. The lowest BCUT2D eigenvalue weighted by molar-refractivity contribution is 0.247. The number of amides is 2. The molecular weight excluding hydrogens is 259 g/mol. The maximum Gasteiger partial charge on any atom is 0.319 e. The van der Waals surface area contributed by atoms with E-state index in [0.717, 1.165) is 12.8 Å². The smallest absolute Gasteiger partial charge is 0.319 e. The molecule has 0 aliphatic heterocycles. The van der Waals surface area contributed by atoms with E-state index in [0.29, 0.717) is 15.7 Å². The number of urea groups is 1. The molecule has 0 aliphatic carbocycles. The molecule has 0 radical (unpaired) electrons. The van der Waals surface area contributed by atoms with Crippen molar-refractivity contribution in [2.24, 2.45) is 0 Å². The molecule has 1 rings (SSSR count). The van der Waals surface area contributed by atoms with Crippen molar-refractivity contribution in [3.05, 3.63) is 28.2 Å². The summed E-state index contributed by atoms with van der Waals surface area (Å²) in [5, 5.41) is 6.37. The molecule has 0 saturated heterocycles. The molecule has 0 unspecified atom stereocenters. The fourth-order valence-corrected chi connectivity index (χ4v) is 1.94. The van der Waals surface area contributed by atoms with Crippen LogP contribution in [-0.4, -0.2) is 12.1 Å². The summed E-state index contributed by atoms with van der Waals surface area (Å²) < 4.78 is 0. The van der Waals surface area contributed by atoms with Crippen molar-refractivity contribution in [3.63, 3.8) is 0 Å². The minimum absolute atomic E-state index is 0.163. The Balaban J connectivity index is 2.68. The zero-order chi connectivity index (χ0) is 12.8. The lowest BCUT2D eigenvalue weighted by Gasteiger charge is -2.16. The predicted molar refractivity (Wildman–Crippen MR) is 73.0 cm³/mol. The van der Waals surface area contributed by atoms with E-state index in [1.165, 1.54) is 0 Å². The molecule has 0 saturated carbocycles. The fourth-order valence-electron chi connectivity index (χ4n) is 1.45. The van der Waals surface area contributed by atoms with Crippen LogP contribution in [0.4, 0.5) is 10.5 Å². The first-order valence-corrected chi connectivity index (χ1v) is 6.35. The van der Waals surface area contributed by atoms with Gasteiger partial charge in [0.1, 0.15) is 0 Å². The minimum Gasteiger partial charge on any atom is -0.335 e. The highest BCUT2D eigenvalue weighted by atomic mass is 35.5. The number of hydrogen-bond acceptors (Lipinski definition) is 1. The van der Waals surface area contributed by atoms with E-state index in [9.17, 15) is 4.79 Å². The molecule has 17 heavy (non-hydrogen) atoms. The molecule has 0 fully saturated rings. The summed E-state index contributed by atoms with van der Waals surface area (Å²) in [5.74, 6) is 0. The number of benzene rings is 1. The summed E-state index contributed by atoms with van der Waals surface area (Å²) in [4.78, 5) is 11.7. The number of carbonyl (C=O) groups is 1. The van der Waals surface area contributed by atoms with Crippen molar-refractivity contribution >= 4 is 34.9 Å². The van der Waals surface area contributed by atoms with Crippen LogP contribution in [0, 0.1) is 0 Å². The second-order valence-corrected chi connectivity index (χ2v) is 4.52. The fraction of sp³-hybridized carbons (Fsp3) is 0.417. The molecule has 0 aliphatic rings. The number of rotatable bonds is 4. The molecule has 5 heteroatoms. The molecule has 0 atom stereocenters. The highest BCUT2D eigenvalue weighted by molar-refractivity contribution is 6.39. The van der Waals surface area contributed by atoms with Crippen molar-refractivity contribution in [2.75, 3.05) is 5.32 Å². The maximum absolute atomic E-state index is 11.7. The van der Waals surface area contributed by atoms with E-state index in [4.69, 9.17) is 23.2 Å². The summed E-state index contributed by atoms with van der Waals surface area (Å²) in [6.07, 6.45) is 1.78. The molecule has 94 valence electrons. The molecule has 0 spiro atoms. The van der Waals surface area contributed by atoms with Gasteiger partial charge in [0, 0.05) is 6.04 Å². The molecular formula is C12H16Cl2N2O. The third-order valence-electron chi connectivity index (χ3n) is 2.52. The van der Waals surface area contributed by atoms with E-state index in [-0.39, 0.29) is 12.1 Å². The van der Waals surface area contributed by atoms with Crippen molar-refractivity contribution < 1.29 is 4.79 Å². The van der Waals surface area contributed by atoms with Crippen molar-refractivity contribution in [1.29, 1.82) is 0 Å².